The van der Waals surface area contributed by atoms with Gasteiger partial charge in [0.25, 0.3) is 5.91 Å². The van der Waals surface area contributed by atoms with Crippen LogP contribution in [0.3, 0.4) is 0 Å². The number of nitrogens with zero attached hydrogens (tertiary/aromatic N) is 2. The Kier molecular flexibility index (Phi) is 4.57. The zero-order valence-electron chi connectivity index (χ0n) is 14.9. The highest BCUT2D eigenvalue weighted by molar-refractivity contribution is 6.09. The number of nitrogens with two attached hydrogens (primary N) is 1. The molecular weight excluding hydrogens is 324 g/mol. The number of aromatic nitrogens is 2. The second kappa shape index (κ2) is 6.19. The number of imidazole rings is 1. The Morgan fingerprint density at radius 3 is 2.36 bits per heavy atom. The van der Waals surface area contributed by atoms with Crippen molar-refractivity contribution in [3.8, 4) is 0 Å². The van der Waals surface area contributed by atoms with Crippen LogP contribution in [0.15, 0.2) is 12.1 Å². The lowest BCUT2D eigenvalue weighted by Gasteiger charge is -2.31. The minimum absolute atomic E-state index is 0.0453. The van der Waals surface area contributed by atoms with Crippen LogP contribution in [-0.2, 0) is 11.8 Å². The second-order valence-corrected chi connectivity index (χ2v) is 6.59. The highest BCUT2D eigenvalue weighted by atomic mass is 16.4. The van der Waals surface area contributed by atoms with Crippen molar-refractivity contribution in [3.63, 3.8) is 0 Å². The van der Waals surface area contributed by atoms with E-state index in [2.05, 4.69) is 10.3 Å². The molecule has 1 heterocycles. The van der Waals surface area contributed by atoms with E-state index in [9.17, 15) is 19.5 Å². The molecule has 2 aromatic rings. The van der Waals surface area contributed by atoms with Crippen LogP contribution in [0.5, 0.6) is 0 Å². The van der Waals surface area contributed by atoms with Crippen LogP contribution in [0, 0.1) is 12.8 Å². The molecule has 25 heavy (non-hydrogen) atoms. The van der Waals surface area contributed by atoms with E-state index >= 15 is 0 Å². The molecule has 0 bridgehead atoms. The first-order valence-electron chi connectivity index (χ1n) is 7.81. The monoisotopic (exact) mass is 346 g/mol. The first-order chi connectivity index (χ1) is 11.5. The first-order valence-corrected chi connectivity index (χ1v) is 7.81. The summed E-state index contributed by atoms with van der Waals surface area (Å²) in [7, 11) is 1.77. The fourth-order valence-corrected chi connectivity index (χ4v) is 2.52. The Morgan fingerprint density at radius 2 is 1.88 bits per heavy atom. The summed E-state index contributed by atoms with van der Waals surface area (Å²) in [5.74, 6) is -2.20. The standard InChI is InChI=1S/C17H22N4O4/c1-8(2)17(4,16(18)25)20-14(22)10-7-13-12(6-11(10)15(23)24)19-9(3)21(13)5/h6-8H,1-5H3,(H2,18,25)(H,20,22)(H,23,24). The van der Waals surface area contributed by atoms with Gasteiger partial charge in [-0.05, 0) is 31.9 Å². The van der Waals surface area contributed by atoms with E-state index in [1.165, 1.54) is 19.1 Å². The molecule has 0 aliphatic rings. The predicted molar refractivity (Wildman–Crippen MR) is 92.3 cm³/mol. The SMILES string of the molecule is Cc1nc2cc(C(=O)O)c(C(=O)NC(C)(C(N)=O)C(C)C)cc2n1C. The molecule has 0 radical (unpaired) electrons. The predicted octanol–water partition coefficient (Wildman–Crippen LogP) is 1.21. The average Bonchev–Trinajstić information content (AvgIpc) is 2.79. The molecule has 1 unspecified atom stereocenters. The van der Waals surface area contributed by atoms with Gasteiger partial charge in [-0.2, -0.15) is 0 Å². The van der Waals surface area contributed by atoms with E-state index in [1.54, 1.807) is 32.4 Å². The van der Waals surface area contributed by atoms with Gasteiger partial charge < -0.3 is 20.7 Å². The summed E-state index contributed by atoms with van der Waals surface area (Å²) in [5, 5.41) is 12.0. The van der Waals surface area contributed by atoms with Crippen molar-refractivity contribution in [1.29, 1.82) is 0 Å². The number of hydrogen-bond donors (Lipinski definition) is 3. The van der Waals surface area contributed by atoms with Gasteiger partial charge >= 0.3 is 5.97 Å². The quantitative estimate of drug-likeness (QED) is 0.750. The minimum Gasteiger partial charge on any atom is -0.478 e. The lowest BCUT2D eigenvalue weighted by Crippen LogP contribution is -2.58. The van der Waals surface area contributed by atoms with Gasteiger partial charge in [-0.25, -0.2) is 9.78 Å². The number of nitrogens with one attached hydrogen (secondary N) is 1. The summed E-state index contributed by atoms with van der Waals surface area (Å²) in [5.41, 5.74) is 5.01. The third-order valence-corrected chi connectivity index (χ3v) is 4.76. The van der Waals surface area contributed by atoms with Gasteiger partial charge in [-0.3, -0.25) is 9.59 Å². The fraction of sp³-hybridized carbons (Fsp3) is 0.412. The lowest BCUT2D eigenvalue weighted by molar-refractivity contribution is -0.125. The molecule has 0 saturated heterocycles. The topological polar surface area (TPSA) is 127 Å². The largest absolute Gasteiger partial charge is 0.478 e. The number of carboxylic acid groups (broad SMARTS) is 1. The number of aryl methyl sites for hydroxylation is 2. The zero-order chi connectivity index (χ0) is 19.1. The van der Waals surface area contributed by atoms with Crippen molar-refractivity contribution >= 4 is 28.8 Å². The normalized spacial score (nSPS) is 13.7. The van der Waals surface area contributed by atoms with E-state index in [0.717, 1.165) is 0 Å². The third-order valence-electron chi connectivity index (χ3n) is 4.76. The molecule has 8 nitrogen and oxygen atoms in total. The zero-order valence-corrected chi connectivity index (χ0v) is 14.9. The third kappa shape index (κ3) is 3.07. The van der Waals surface area contributed by atoms with E-state index in [0.29, 0.717) is 16.9 Å². The molecule has 0 aliphatic carbocycles. The summed E-state index contributed by atoms with van der Waals surface area (Å²) in [6.45, 7) is 6.79. The number of carbonyl (C=O) groups excluding carboxylic acids is 2. The molecule has 4 N–H and O–H groups in total. The van der Waals surface area contributed by atoms with Gasteiger partial charge in [0.05, 0.1) is 22.2 Å². The fourth-order valence-electron chi connectivity index (χ4n) is 2.52. The number of fused-ring (bicyclic) bond motifs is 1. The van der Waals surface area contributed by atoms with Crippen LogP contribution >= 0.6 is 0 Å². The van der Waals surface area contributed by atoms with E-state index in [-0.39, 0.29) is 17.0 Å². The maximum absolute atomic E-state index is 12.7. The van der Waals surface area contributed by atoms with Crippen molar-refractivity contribution in [2.75, 3.05) is 0 Å². The van der Waals surface area contributed by atoms with E-state index in [4.69, 9.17) is 5.73 Å². The number of rotatable bonds is 5. The molecule has 1 atom stereocenters. The number of hydrogen-bond acceptors (Lipinski definition) is 4. The number of aromatic carboxylic acids is 1. The summed E-state index contributed by atoms with van der Waals surface area (Å²) in [6.07, 6.45) is 0. The van der Waals surface area contributed by atoms with Gasteiger partial charge in [0.2, 0.25) is 5.91 Å². The molecule has 0 spiro atoms. The second-order valence-electron chi connectivity index (χ2n) is 6.59. The van der Waals surface area contributed by atoms with Gasteiger partial charge in [0, 0.05) is 7.05 Å². The number of benzene rings is 1. The highest BCUT2D eigenvalue weighted by Gasteiger charge is 2.37. The van der Waals surface area contributed by atoms with Gasteiger partial charge in [-0.1, -0.05) is 13.8 Å². The summed E-state index contributed by atoms with van der Waals surface area (Å²) < 4.78 is 1.76. The molecule has 1 aromatic carbocycles. The van der Waals surface area contributed by atoms with Crippen molar-refractivity contribution < 1.29 is 19.5 Å². The highest BCUT2D eigenvalue weighted by Crippen LogP contribution is 2.23. The van der Waals surface area contributed by atoms with Gasteiger partial charge in [0.15, 0.2) is 0 Å². The van der Waals surface area contributed by atoms with Crippen LogP contribution in [0.2, 0.25) is 0 Å². The van der Waals surface area contributed by atoms with Crippen molar-refractivity contribution in [3.05, 3.63) is 29.1 Å². The van der Waals surface area contributed by atoms with Gasteiger partial charge in [-0.15, -0.1) is 0 Å². The molecular formula is C17H22N4O4. The van der Waals surface area contributed by atoms with Crippen LogP contribution in [0.25, 0.3) is 11.0 Å². The Hall–Kier alpha value is -2.90. The smallest absolute Gasteiger partial charge is 0.336 e. The number of carbonyl (C=O) groups is 3. The van der Waals surface area contributed by atoms with E-state index < -0.39 is 23.3 Å². The molecule has 134 valence electrons. The number of primary amides is 1. The molecule has 0 saturated carbocycles. The van der Waals surface area contributed by atoms with Crippen molar-refractivity contribution in [1.82, 2.24) is 14.9 Å². The molecule has 0 aliphatic heterocycles. The van der Waals surface area contributed by atoms with Crippen LogP contribution < -0.4 is 11.1 Å². The Labute approximate surface area is 145 Å². The van der Waals surface area contributed by atoms with Crippen molar-refractivity contribution in [2.24, 2.45) is 18.7 Å². The van der Waals surface area contributed by atoms with Crippen LogP contribution in [-0.4, -0.2) is 38.0 Å². The molecule has 2 rings (SSSR count). The summed E-state index contributed by atoms with van der Waals surface area (Å²) in [4.78, 5) is 40.4. The maximum atomic E-state index is 12.7. The summed E-state index contributed by atoms with van der Waals surface area (Å²) in [6, 6.07) is 2.83. The number of amides is 2. The Bertz CT molecular complexity index is 884. The first kappa shape index (κ1) is 18.4. The molecule has 2 amide bonds. The van der Waals surface area contributed by atoms with Gasteiger partial charge in [0.1, 0.15) is 11.4 Å². The summed E-state index contributed by atoms with van der Waals surface area (Å²) >= 11 is 0. The van der Waals surface area contributed by atoms with Crippen molar-refractivity contribution in [2.45, 2.75) is 33.2 Å². The Balaban J connectivity index is 2.60. The van der Waals surface area contributed by atoms with Crippen LogP contribution in [0.1, 0.15) is 47.3 Å². The van der Waals surface area contributed by atoms with Crippen LogP contribution in [0.4, 0.5) is 0 Å². The maximum Gasteiger partial charge on any atom is 0.336 e. The number of carboxylic acids is 1. The molecule has 8 heteroatoms. The molecule has 0 fully saturated rings. The Morgan fingerprint density at radius 1 is 1.28 bits per heavy atom. The average molecular weight is 346 g/mol. The minimum atomic E-state index is -1.30. The van der Waals surface area contributed by atoms with E-state index in [1.807, 2.05) is 0 Å². The lowest BCUT2D eigenvalue weighted by atomic mass is 9.87. The molecule has 1 aromatic heterocycles.